The maximum atomic E-state index is 17.4. The number of fused-ring (bicyclic) bond motifs is 5. The van der Waals surface area contributed by atoms with Crippen LogP contribution in [0.2, 0.25) is 0 Å². The number of methoxy groups -OCH3 is 1. The number of terminal acetylenes is 1. The predicted molar refractivity (Wildman–Crippen MR) is 203 cm³/mol. The first kappa shape index (κ1) is 37.1. The average molecular weight is 758 g/mol. The van der Waals surface area contributed by atoms with Crippen molar-refractivity contribution in [2.45, 2.75) is 88.7 Å². The number of hydrogen-bond donors (Lipinski definition) is 0. The number of halogens is 3. The number of ether oxygens (including phenoxy) is 4. The first-order valence-electron chi connectivity index (χ1n) is 18.9. The van der Waals surface area contributed by atoms with Crippen LogP contribution in [0.25, 0.3) is 32.8 Å². The highest BCUT2D eigenvalue weighted by atomic mass is 19.1. The van der Waals surface area contributed by atoms with E-state index in [2.05, 4.69) is 15.8 Å². The predicted octanol–water partition coefficient (Wildman–Crippen LogP) is 7.63. The summed E-state index contributed by atoms with van der Waals surface area (Å²) in [5, 5.41) is 1.25. The van der Waals surface area contributed by atoms with Crippen LogP contribution < -0.4 is 14.4 Å². The normalized spacial score (nSPS) is 25.1. The third-order valence-corrected chi connectivity index (χ3v) is 11.6. The molecule has 5 heterocycles. The molecular formula is C42H46F3N5O5. The van der Waals surface area contributed by atoms with Gasteiger partial charge >= 0.3 is 12.1 Å². The number of amides is 1. The SMILES string of the molecule is C#Cc1cccc2cc(OCOC)cc(-c3c(F)cc4c(N5C[C@H]6CC[C@@](C)(C5)N6C(=O)OC(C)(C)C)nc(OC[C@@]56CCCN5C[C@H](F)C6)nc4c3F)c12. The zero-order valence-electron chi connectivity index (χ0n) is 31.9. The molecule has 0 radical (unpaired) electrons. The van der Waals surface area contributed by atoms with Gasteiger partial charge in [-0.2, -0.15) is 9.97 Å². The molecule has 290 valence electrons. The van der Waals surface area contributed by atoms with Gasteiger partial charge in [-0.25, -0.2) is 18.0 Å². The molecule has 0 spiro atoms. The van der Waals surface area contributed by atoms with Crippen LogP contribution in [0.15, 0.2) is 36.4 Å². The second kappa shape index (κ2) is 13.7. The highest BCUT2D eigenvalue weighted by molar-refractivity contribution is 6.04. The Balaban J connectivity index is 1.27. The Morgan fingerprint density at radius 1 is 1.11 bits per heavy atom. The van der Waals surface area contributed by atoms with Crippen molar-refractivity contribution >= 4 is 33.6 Å². The van der Waals surface area contributed by atoms with Gasteiger partial charge in [0.2, 0.25) is 0 Å². The standard InChI is InChI=1S/C42H46F3N5O5/c1-7-25-10-8-11-26-16-29(54-24-52-6)17-30(33(25)26)34-32(44)18-31-36(35(34)45)46-38(53-23-42-13-9-15-49(42)20-27(43)19-42)47-37(31)48-21-28-12-14-41(5,22-48)50(28)39(51)55-40(2,3)4/h1,8,10-11,16-18,27-28H,9,12-15,19-24H2,2-6H3/t27-,28-,41+,42+/m1/s1. The maximum Gasteiger partial charge on any atom is 0.411 e. The van der Waals surface area contributed by atoms with E-state index in [0.717, 1.165) is 25.8 Å². The van der Waals surface area contributed by atoms with Crippen LogP contribution in [0.5, 0.6) is 11.8 Å². The van der Waals surface area contributed by atoms with Crippen LogP contribution in [0.3, 0.4) is 0 Å². The Labute approximate surface area is 318 Å². The van der Waals surface area contributed by atoms with E-state index in [1.807, 2.05) is 37.5 Å². The summed E-state index contributed by atoms with van der Waals surface area (Å²) in [6.45, 7) is 9.33. The molecule has 0 unspecified atom stereocenters. The summed E-state index contributed by atoms with van der Waals surface area (Å²) >= 11 is 0. The van der Waals surface area contributed by atoms with E-state index in [0.29, 0.717) is 54.6 Å². The lowest BCUT2D eigenvalue weighted by Gasteiger charge is -2.47. The Bertz CT molecular complexity index is 2220. The average Bonchev–Trinajstić information content (AvgIpc) is 3.73. The molecule has 0 aliphatic carbocycles. The lowest BCUT2D eigenvalue weighted by molar-refractivity contribution is -0.00281. The molecule has 4 aliphatic heterocycles. The highest BCUT2D eigenvalue weighted by Gasteiger charge is 2.53. The molecule has 8 rings (SSSR count). The van der Waals surface area contributed by atoms with Gasteiger partial charge < -0.3 is 23.8 Å². The Kier molecular flexibility index (Phi) is 9.28. The lowest BCUT2D eigenvalue weighted by atomic mass is 9.92. The van der Waals surface area contributed by atoms with Crippen molar-refractivity contribution in [3.63, 3.8) is 0 Å². The van der Waals surface area contributed by atoms with E-state index in [1.165, 1.54) is 13.2 Å². The van der Waals surface area contributed by atoms with Crippen molar-refractivity contribution in [2.75, 3.05) is 51.6 Å². The number of carbonyl (C=O) groups excluding carboxylic acids is 1. The lowest BCUT2D eigenvalue weighted by Crippen LogP contribution is -2.63. The van der Waals surface area contributed by atoms with E-state index in [1.54, 1.807) is 30.3 Å². The molecule has 1 aromatic heterocycles. The summed E-state index contributed by atoms with van der Waals surface area (Å²) in [4.78, 5) is 28.8. The molecule has 0 saturated carbocycles. The number of carbonyl (C=O) groups is 1. The Hall–Kier alpha value is -4.80. The van der Waals surface area contributed by atoms with Crippen LogP contribution in [-0.2, 0) is 9.47 Å². The summed E-state index contributed by atoms with van der Waals surface area (Å²) in [6, 6.07) is 9.50. The summed E-state index contributed by atoms with van der Waals surface area (Å²) < 4.78 is 71.9. The molecule has 0 N–H and O–H groups in total. The van der Waals surface area contributed by atoms with Crippen LogP contribution in [0, 0.1) is 24.0 Å². The number of anilines is 1. The molecule has 4 aromatic rings. The molecule has 1 amide bonds. The minimum absolute atomic E-state index is 0.0804. The minimum atomic E-state index is -0.969. The van der Waals surface area contributed by atoms with Gasteiger partial charge in [0.05, 0.1) is 22.7 Å². The fourth-order valence-electron chi connectivity index (χ4n) is 9.36. The third-order valence-electron chi connectivity index (χ3n) is 11.6. The first-order valence-corrected chi connectivity index (χ1v) is 18.9. The molecule has 4 atom stereocenters. The number of benzene rings is 3. The van der Waals surface area contributed by atoms with Crippen molar-refractivity contribution < 1.29 is 36.9 Å². The largest absolute Gasteiger partial charge is 0.468 e. The number of rotatable bonds is 8. The van der Waals surface area contributed by atoms with Gasteiger partial charge in [0.15, 0.2) is 12.6 Å². The molecule has 4 fully saturated rings. The fourth-order valence-corrected chi connectivity index (χ4v) is 9.36. The van der Waals surface area contributed by atoms with E-state index in [-0.39, 0.29) is 53.3 Å². The van der Waals surface area contributed by atoms with Crippen LogP contribution >= 0.6 is 0 Å². The number of aromatic nitrogens is 2. The van der Waals surface area contributed by atoms with Crippen molar-refractivity contribution in [1.82, 2.24) is 19.8 Å². The van der Waals surface area contributed by atoms with Crippen LogP contribution in [0.1, 0.15) is 65.4 Å². The zero-order valence-corrected chi connectivity index (χ0v) is 31.9. The van der Waals surface area contributed by atoms with Gasteiger partial charge in [0.25, 0.3) is 0 Å². The van der Waals surface area contributed by atoms with E-state index >= 15 is 8.78 Å². The van der Waals surface area contributed by atoms with Gasteiger partial charge in [0.1, 0.15) is 41.3 Å². The Morgan fingerprint density at radius 2 is 1.93 bits per heavy atom. The Morgan fingerprint density at radius 3 is 2.67 bits per heavy atom. The summed E-state index contributed by atoms with van der Waals surface area (Å²) in [5.74, 6) is 1.51. The van der Waals surface area contributed by atoms with Gasteiger partial charge in [-0.1, -0.05) is 18.1 Å². The minimum Gasteiger partial charge on any atom is -0.468 e. The van der Waals surface area contributed by atoms with Crippen LogP contribution in [0.4, 0.5) is 23.8 Å². The fraction of sp³-hybridized carbons (Fsp3) is 0.500. The van der Waals surface area contributed by atoms with Gasteiger partial charge in [-0.15, -0.1) is 6.42 Å². The van der Waals surface area contributed by atoms with E-state index in [9.17, 15) is 9.18 Å². The zero-order chi connectivity index (χ0) is 38.9. The summed E-state index contributed by atoms with van der Waals surface area (Å²) in [6.07, 6.45) is 7.98. The number of hydrogen-bond acceptors (Lipinski definition) is 9. The smallest absolute Gasteiger partial charge is 0.411 e. The highest BCUT2D eigenvalue weighted by Crippen LogP contribution is 2.46. The van der Waals surface area contributed by atoms with Crippen molar-refractivity contribution in [2.24, 2.45) is 0 Å². The van der Waals surface area contributed by atoms with Gasteiger partial charge in [0, 0.05) is 55.1 Å². The van der Waals surface area contributed by atoms with Crippen LogP contribution in [-0.4, -0.2) is 101 Å². The van der Waals surface area contributed by atoms with Crippen molar-refractivity contribution in [3.05, 3.63) is 53.6 Å². The molecule has 55 heavy (non-hydrogen) atoms. The van der Waals surface area contributed by atoms with Crippen molar-refractivity contribution in [1.29, 1.82) is 0 Å². The molecule has 3 aromatic carbocycles. The summed E-state index contributed by atoms with van der Waals surface area (Å²) in [7, 11) is 1.48. The molecule has 10 nitrogen and oxygen atoms in total. The van der Waals surface area contributed by atoms with Crippen molar-refractivity contribution in [3.8, 4) is 35.2 Å². The van der Waals surface area contributed by atoms with E-state index < -0.39 is 40.6 Å². The third kappa shape index (κ3) is 6.57. The molecule has 13 heteroatoms. The quantitative estimate of drug-likeness (QED) is 0.133. The molecular weight excluding hydrogens is 711 g/mol. The number of alkyl halides is 1. The second-order valence-electron chi connectivity index (χ2n) is 16.6. The van der Waals surface area contributed by atoms with Gasteiger partial charge in [-0.05, 0) is 89.6 Å². The van der Waals surface area contributed by atoms with Gasteiger partial charge in [-0.3, -0.25) is 9.80 Å². The molecule has 4 saturated heterocycles. The van der Waals surface area contributed by atoms with E-state index in [4.69, 9.17) is 30.4 Å². The second-order valence-corrected chi connectivity index (χ2v) is 16.6. The number of piperazine rings is 1. The first-order chi connectivity index (χ1) is 26.2. The molecule has 4 aliphatic rings. The maximum absolute atomic E-state index is 17.4. The topological polar surface area (TPSA) is 89.5 Å². The molecule has 2 bridgehead atoms. The monoisotopic (exact) mass is 757 g/mol. The number of nitrogens with zero attached hydrogens (tertiary/aromatic N) is 5. The summed E-state index contributed by atoms with van der Waals surface area (Å²) in [5.41, 5.74) is -1.67.